The molecule has 30 heavy (non-hydrogen) atoms. The Morgan fingerprint density at radius 2 is 1.90 bits per heavy atom. The quantitative estimate of drug-likeness (QED) is 0.600. The van der Waals surface area contributed by atoms with Crippen LogP contribution in [-0.4, -0.2) is 36.7 Å². The lowest BCUT2D eigenvalue weighted by Crippen LogP contribution is -2.30. The fourth-order valence-corrected chi connectivity index (χ4v) is 4.39. The molecule has 3 rings (SSSR count). The summed E-state index contributed by atoms with van der Waals surface area (Å²) in [5.74, 6) is 0.245. The smallest absolute Gasteiger partial charge is 0.298 e. The van der Waals surface area contributed by atoms with Crippen LogP contribution in [0.3, 0.4) is 0 Å². The molecule has 8 nitrogen and oxygen atoms in total. The van der Waals surface area contributed by atoms with E-state index >= 15 is 0 Å². The van der Waals surface area contributed by atoms with E-state index in [-0.39, 0.29) is 24.4 Å². The Bertz CT molecular complexity index is 1140. The molecule has 0 saturated carbocycles. The van der Waals surface area contributed by atoms with E-state index < -0.39 is 21.2 Å². The van der Waals surface area contributed by atoms with Crippen molar-refractivity contribution in [3.05, 3.63) is 58.4 Å². The highest BCUT2D eigenvalue weighted by Crippen LogP contribution is 2.36. The summed E-state index contributed by atoms with van der Waals surface area (Å²) in [5.41, 5.74) is 1.51. The van der Waals surface area contributed by atoms with Gasteiger partial charge >= 0.3 is 0 Å². The first-order valence-electron chi connectivity index (χ1n) is 8.94. The predicted octanol–water partition coefficient (Wildman–Crippen LogP) is 3.50. The van der Waals surface area contributed by atoms with Crippen molar-refractivity contribution < 1.29 is 22.4 Å². The van der Waals surface area contributed by atoms with Crippen LogP contribution in [0.25, 0.3) is 6.08 Å². The fourth-order valence-electron chi connectivity index (χ4n) is 2.78. The number of benzene rings is 1. The van der Waals surface area contributed by atoms with Gasteiger partial charge in [-0.1, -0.05) is 17.7 Å². The number of carbonyl (C=O) groups is 2. The minimum atomic E-state index is -3.51. The van der Waals surface area contributed by atoms with E-state index in [1.807, 2.05) is 25.1 Å². The molecule has 1 saturated heterocycles. The summed E-state index contributed by atoms with van der Waals surface area (Å²) in [6.07, 6.45) is 2.59. The van der Waals surface area contributed by atoms with Crippen molar-refractivity contribution in [1.29, 1.82) is 5.26 Å². The molecule has 0 radical (unpaired) electrons. The van der Waals surface area contributed by atoms with Crippen LogP contribution in [0.1, 0.15) is 23.5 Å². The van der Waals surface area contributed by atoms with Gasteiger partial charge in [-0.25, -0.2) is 13.3 Å². The number of rotatable bonds is 7. The standard InChI is InChI=1S/C20H19N3O5S2/c1-14-4-6-15(7-5-14)23-19(24)18(29-20(23)25)12-16-8-9-17(28-16)13-22(11-3-10-21)30(2,26)27/h4-9,12H,3,11,13H2,1-2H3/b18-12-. The number of nitriles is 1. The van der Waals surface area contributed by atoms with E-state index in [1.54, 1.807) is 24.3 Å². The summed E-state index contributed by atoms with van der Waals surface area (Å²) >= 11 is 0.810. The number of imide groups is 1. The molecule has 10 heteroatoms. The summed E-state index contributed by atoms with van der Waals surface area (Å²) < 4.78 is 30.5. The number of thioether (sulfide) groups is 1. The second-order valence-corrected chi connectivity index (χ2v) is 9.64. The SMILES string of the molecule is Cc1ccc(N2C(=O)S/C(=C\c3ccc(CN(CCC#N)S(C)(=O)=O)o3)C2=O)cc1. The number of amides is 2. The van der Waals surface area contributed by atoms with Crippen LogP contribution in [0, 0.1) is 18.3 Å². The number of sulfonamides is 1. The lowest BCUT2D eigenvalue weighted by molar-refractivity contribution is -0.113. The maximum absolute atomic E-state index is 12.7. The average molecular weight is 446 g/mol. The van der Waals surface area contributed by atoms with E-state index in [0.717, 1.165) is 32.8 Å². The predicted molar refractivity (Wildman–Crippen MR) is 114 cm³/mol. The third-order valence-electron chi connectivity index (χ3n) is 4.32. The monoisotopic (exact) mass is 445 g/mol. The molecule has 0 bridgehead atoms. The molecular formula is C20H19N3O5S2. The molecule has 0 unspecified atom stereocenters. The molecule has 0 aliphatic carbocycles. The normalized spacial score (nSPS) is 15.9. The van der Waals surface area contributed by atoms with Crippen molar-refractivity contribution in [2.45, 2.75) is 19.9 Å². The van der Waals surface area contributed by atoms with Crippen LogP contribution in [0.5, 0.6) is 0 Å². The molecule has 0 spiro atoms. The van der Waals surface area contributed by atoms with Crippen molar-refractivity contribution in [3.63, 3.8) is 0 Å². The second-order valence-electron chi connectivity index (χ2n) is 6.66. The largest absolute Gasteiger partial charge is 0.460 e. The minimum Gasteiger partial charge on any atom is -0.460 e. The van der Waals surface area contributed by atoms with Gasteiger partial charge in [-0.2, -0.15) is 9.57 Å². The van der Waals surface area contributed by atoms with Gasteiger partial charge in [0.15, 0.2) is 0 Å². The Balaban J connectivity index is 1.77. The van der Waals surface area contributed by atoms with E-state index in [0.29, 0.717) is 17.2 Å². The Morgan fingerprint density at radius 3 is 2.53 bits per heavy atom. The van der Waals surface area contributed by atoms with Gasteiger partial charge in [0.05, 0.1) is 29.5 Å². The molecule has 1 aliphatic heterocycles. The molecule has 2 heterocycles. The van der Waals surface area contributed by atoms with Crippen molar-refractivity contribution in [3.8, 4) is 6.07 Å². The average Bonchev–Trinajstić information content (AvgIpc) is 3.23. The van der Waals surface area contributed by atoms with Crippen molar-refractivity contribution >= 4 is 44.7 Å². The van der Waals surface area contributed by atoms with Crippen LogP contribution in [0.2, 0.25) is 0 Å². The highest BCUT2D eigenvalue weighted by molar-refractivity contribution is 8.19. The molecule has 0 atom stereocenters. The summed E-state index contributed by atoms with van der Waals surface area (Å²) in [5, 5.41) is 8.30. The van der Waals surface area contributed by atoms with Crippen LogP contribution < -0.4 is 4.90 Å². The fraction of sp³-hybridized carbons (Fsp3) is 0.250. The van der Waals surface area contributed by atoms with Crippen LogP contribution >= 0.6 is 11.8 Å². The molecule has 1 aromatic heterocycles. The van der Waals surface area contributed by atoms with Gasteiger partial charge in [-0.3, -0.25) is 9.59 Å². The van der Waals surface area contributed by atoms with Gasteiger partial charge in [0.1, 0.15) is 11.5 Å². The summed E-state index contributed by atoms with van der Waals surface area (Å²) in [6.45, 7) is 1.94. The Morgan fingerprint density at radius 1 is 1.20 bits per heavy atom. The molecule has 156 valence electrons. The maximum atomic E-state index is 12.7. The number of hydrogen-bond acceptors (Lipinski definition) is 7. The summed E-state index contributed by atoms with van der Waals surface area (Å²) in [6, 6.07) is 12.2. The molecule has 1 fully saturated rings. The number of furan rings is 1. The third-order valence-corrected chi connectivity index (χ3v) is 6.44. The van der Waals surface area contributed by atoms with Gasteiger partial charge in [-0.15, -0.1) is 0 Å². The first kappa shape index (κ1) is 21.8. The zero-order valence-electron chi connectivity index (χ0n) is 16.4. The van der Waals surface area contributed by atoms with Gasteiger partial charge < -0.3 is 4.42 Å². The number of carbonyl (C=O) groups excluding carboxylic acids is 2. The van der Waals surface area contributed by atoms with E-state index in [4.69, 9.17) is 9.68 Å². The van der Waals surface area contributed by atoms with Crippen LogP contribution in [0.4, 0.5) is 10.5 Å². The topological polar surface area (TPSA) is 112 Å². The number of nitrogens with zero attached hydrogens (tertiary/aromatic N) is 3. The van der Waals surface area contributed by atoms with Crippen molar-refractivity contribution in [1.82, 2.24) is 4.31 Å². The summed E-state index contributed by atoms with van der Waals surface area (Å²) in [7, 11) is -3.51. The van der Waals surface area contributed by atoms with Crippen molar-refractivity contribution in [2.24, 2.45) is 0 Å². The molecule has 2 aromatic rings. The van der Waals surface area contributed by atoms with E-state index in [1.165, 1.54) is 6.08 Å². The summed E-state index contributed by atoms with van der Waals surface area (Å²) in [4.78, 5) is 26.3. The van der Waals surface area contributed by atoms with Crippen molar-refractivity contribution in [2.75, 3.05) is 17.7 Å². The lowest BCUT2D eigenvalue weighted by atomic mass is 10.2. The van der Waals surface area contributed by atoms with Crippen LogP contribution in [-0.2, 0) is 21.4 Å². The first-order valence-corrected chi connectivity index (χ1v) is 11.6. The Labute approximate surface area is 178 Å². The third kappa shape index (κ3) is 4.99. The number of hydrogen-bond donors (Lipinski definition) is 0. The molecule has 1 aromatic carbocycles. The zero-order chi connectivity index (χ0) is 21.9. The van der Waals surface area contributed by atoms with Gasteiger partial charge in [0.25, 0.3) is 11.1 Å². The Kier molecular flexibility index (Phi) is 6.45. The maximum Gasteiger partial charge on any atom is 0.298 e. The first-order chi connectivity index (χ1) is 14.2. The van der Waals surface area contributed by atoms with Crippen LogP contribution in [0.15, 0.2) is 45.7 Å². The molecular weight excluding hydrogens is 426 g/mol. The zero-order valence-corrected chi connectivity index (χ0v) is 18.0. The van der Waals surface area contributed by atoms with Gasteiger partial charge in [0, 0.05) is 19.0 Å². The lowest BCUT2D eigenvalue weighted by Gasteiger charge is -2.16. The number of aryl methyl sites for hydroxylation is 1. The molecule has 2 amide bonds. The Hall–Kier alpha value is -2.87. The molecule has 0 N–H and O–H groups in total. The molecule has 1 aliphatic rings. The van der Waals surface area contributed by atoms with E-state index in [2.05, 4.69) is 0 Å². The van der Waals surface area contributed by atoms with Gasteiger partial charge in [-0.05, 0) is 43.0 Å². The minimum absolute atomic E-state index is 0.0286. The highest BCUT2D eigenvalue weighted by atomic mass is 32.2. The van der Waals surface area contributed by atoms with Gasteiger partial charge in [0.2, 0.25) is 10.0 Å². The van der Waals surface area contributed by atoms with E-state index in [9.17, 15) is 18.0 Å². The highest BCUT2D eigenvalue weighted by Gasteiger charge is 2.36. The number of anilines is 1. The second kappa shape index (κ2) is 8.87.